The second kappa shape index (κ2) is 6.02. The maximum atomic E-state index is 5.70. The van der Waals surface area contributed by atoms with Gasteiger partial charge in [-0.1, -0.05) is 15.9 Å². The Morgan fingerprint density at radius 1 is 1.44 bits per heavy atom. The van der Waals surface area contributed by atoms with Gasteiger partial charge in [0.05, 0.1) is 12.8 Å². The van der Waals surface area contributed by atoms with Crippen LogP contribution in [-0.4, -0.2) is 16.4 Å². The summed E-state index contributed by atoms with van der Waals surface area (Å²) in [6, 6.07) is 5.86. The Morgan fingerprint density at radius 2 is 2.28 bits per heavy atom. The maximum absolute atomic E-state index is 5.70. The summed E-state index contributed by atoms with van der Waals surface area (Å²) in [5.41, 5.74) is 7.87. The molecule has 0 unspecified atom stereocenters. The van der Waals surface area contributed by atoms with E-state index in [4.69, 9.17) is 10.5 Å². The van der Waals surface area contributed by atoms with Gasteiger partial charge in [-0.15, -0.1) is 0 Å². The molecular formula is C13H16BrN3O. The molecular weight excluding hydrogens is 294 g/mol. The lowest BCUT2D eigenvalue weighted by Crippen LogP contribution is -2.03. The van der Waals surface area contributed by atoms with Crippen LogP contribution in [0.15, 0.2) is 35.1 Å². The van der Waals surface area contributed by atoms with Crippen molar-refractivity contribution in [3.8, 4) is 5.75 Å². The Morgan fingerprint density at radius 3 is 2.94 bits per heavy atom. The fraction of sp³-hybridized carbons (Fsp3) is 0.308. The van der Waals surface area contributed by atoms with Crippen LogP contribution in [0.2, 0.25) is 0 Å². The molecule has 18 heavy (non-hydrogen) atoms. The Bertz CT molecular complexity index is 525. The zero-order valence-corrected chi connectivity index (χ0v) is 11.9. The lowest BCUT2D eigenvalue weighted by Gasteiger charge is -2.08. The van der Waals surface area contributed by atoms with Gasteiger partial charge in [0.15, 0.2) is 0 Å². The van der Waals surface area contributed by atoms with Gasteiger partial charge in [-0.2, -0.15) is 5.10 Å². The molecule has 4 nitrogen and oxygen atoms in total. The molecule has 0 saturated heterocycles. The van der Waals surface area contributed by atoms with Gasteiger partial charge in [0.1, 0.15) is 5.75 Å². The molecule has 0 atom stereocenters. The van der Waals surface area contributed by atoms with Crippen LogP contribution in [0.1, 0.15) is 11.1 Å². The Balaban J connectivity index is 1.90. The number of nitrogens with zero attached hydrogens (tertiary/aromatic N) is 2. The van der Waals surface area contributed by atoms with Crippen molar-refractivity contribution >= 4 is 15.9 Å². The average molecular weight is 310 g/mol. The van der Waals surface area contributed by atoms with Crippen molar-refractivity contribution in [2.75, 3.05) is 6.61 Å². The standard InChI is InChI=1S/C13H16BrN3O/c1-17-9-10(8-16-17)4-5-18-12-2-3-13(14)11(6-12)7-15/h2-3,6,8-9H,4-5,7,15H2,1H3. The molecule has 1 heterocycles. The van der Waals surface area contributed by atoms with Crippen molar-refractivity contribution in [1.82, 2.24) is 9.78 Å². The lowest BCUT2D eigenvalue weighted by molar-refractivity contribution is 0.321. The van der Waals surface area contributed by atoms with Gasteiger partial charge < -0.3 is 10.5 Å². The Kier molecular flexibility index (Phi) is 4.38. The van der Waals surface area contributed by atoms with Gasteiger partial charge in [-0.25, -0.2) is 0 Å². The van der Waals surface area contributed by atoms with Crippen LogP contribution in [0.5, 0.6) is 5.75 Å². The molecule has 1 aromatic heterocycles. The van der Waals surface area contributed by atoms with Gasteiger partial charge in [0.25, 0.3) is 0 Å². The number of hydrogen-bond acceptors (Lipinski definition) is 3. The van der Waals surface area contributed by atoms with Gasteiger partial charge in [0, 0.05) is 30.7 Å². The van der Waals surface area contributed by atoms with E-state index in [1.807, 2.05) is 37.6 Å². The zero-order valence-electron chi connectivity index (χ0n) is 10.3. The van der Waals surface area contributed by atoms with Crippen LogP contribution >= 0.6 is 15.9 Å². The summed E-state index contributed by atoms with van der Waals surface area (Å²) in [6.07, 6.45) is 4.70. The van der Waals surface area contributed by atoms with E-state index in [1.54, 1.807) is 4.68 Å². The summed E-state index contributed by atoms with van der Waals surface area (Å²) in [6.45, 7) is 1.14. The molecule has 2 N–H and O–H groups in total. The third-order valence-electron chi connectivity index (χ3n) is 2.65. The fourth-order valence-corrected chi connectivity index (χ4v) is 2.09. The highest BCUT2D eigenvalue weighted by atomic mass is 79.9. The zero-order chi connectivity index (χ0) is 13.0. The number of aryl methyl sites for hydroxylation is 1. The Labute approximate surface area is 115 Å². The summed E-state index contributed by atoms with van der Waals surface area (Å²) >= 11 is 3.45. The molecule has 0 bridgehead atoms. The number of benzene rings is 1. The number of hydrogen-bond donors (Lipinski definition) is 1. The van der Waals surface area contributed by atoms with E-state index in [9.17, 15) is 0 Å². The molecule has 0 amide bonds. The molecule has 0 spiro atoms. The average Bonchev–Trinajstić information content (AvgIpc) is 2.77. The molecule has 0 aliphatic heterocycles. The summed E-state index contributed by atoms with van der Waals surface area (Å²) in [5, 5.41) is 4.12. The second-order valence-electron chi connectivity index (χ2n) is 4.08. The van der Waals surface area contributed by atoms with Gasteiger partial charge in [0.2, 0.25) is 0 Å². The number of nitrogens with two attached hydrogens (primary N) is 1. The number of ether oxygens (including phenoxy) is 1. The first-order chi connectivity index (χ1) is 8.69. The van der Waals surface area contributed by atoms with E-state index in [0.717, 1.165) is 22.2 Å². The largest absolute Gasteiger partial charge is 0.493 e. The highest BCUT2D eigenvalue weighted by Crippen LogP contribution is 2.22. The van der Waals surface area contributed by atoms with Crippen LogP contribution in [0, 0.1) is 0 Å². The van der Waals surface area contributed by atoms with E-state index < -0.39 is 0 Å². The van der Waals surface area contributed by atoms with Crippen molar-refractivity contribution in [3.05, 3.63) is 46.2 Å². The highest BCUT2D eigenvalue weighted by Gasteiger charge is 2.02. The molecule has 0 fully saturated rings. The fourth-order valence-electron chi connectivity index (χ4n) is 1.69. The molecule has 2 aromatic rings. The van der Waals surface area contributed by atoms with Crippen LogP contribution in [0.4, 0.5) is 0 Å². The highest BCUT2D eigenvalue weighted by molar-refractivity contribution is 9.10. The van der Waals surface area contributed by atoms with E-state index >= 15 is 0 Å². The summed E-state index contributed by atoms with van der Waals surface area (Å²) in [4.78, 5) is 0. The van der Waals surface area contributed by atoms with E-state index in [0.29, 0.717) is 13.2 Å². The van der Waals surface area contributed by atoms with Gasteiger partial charge >= 0.3 is 0 Å². The predicted octanol–water partition coefficient (Wildman–Crippen LogP) is 2.26. The molecule has 1 aromatic carbocycles. The first-order valence-electron chi connectivity index (χ1n) is 5.78. The van der Waals surface area contributed by atoms with Crippen molar-refractivity contribution in [1.29, 1.82) is 0 Å². The molecule has 0 aliphatic rings. The van der Waals surface area contributed by atoms with E-state index in [2.05, 4.69) is 21.0 Å². The van der Waals surface area contributed by atoms with Crippen LogP contribution < -0.4 is 10.5 Å². The Hall–Kier alpha value is -1.33. The third-order valence-corrected chi connectivity index (χ3v) is 3.43. The van der Waals surface area contributed by atoms with Crippen molar-refractivity contribution in [2.45, 2.75) is 13.0 Å². The van der Waals surface area contributed by atoms with E-state index in [1.165, 1.54) is 5.56 Å². The first kappa shape index (κ1) is 13.1. The van der Waals surface area contributed by atoms with E-state index in [-0.39, 0.29) is 0 Å². The molecule has 5 heteroatoms. The second-order valence-corrected chi connectivity index (χ2v) is 4.93. The van der Waals surface area contributed by atoms with Gasteiger partial charge in [-0.05, 0) is 29.3 Å². The molecule has 2 rings (SSSR count). The minimum atomic E-state index is 0.500. The molecule has 0 aliphatic carbocycles. The van der Waals surface area contributed by atoms with Crippen molar-refractivity contribution in [3.63, 3.8) is 0 Å². The molecule has 0 radical (unpaired) electrons. The number of aromatic nitrogens is 2. The predicted molar refractivity (Wildman–Crippen MR) is 74.4 cm³/mol. The molecule has 96 valence electrons. The summed E-state index contributed by atoms with van der Waals surface area (Å²) < 4.78 is 8.51. The quantitative estimate of drug-likeness (QED) is 0.921. The minimum Gasteiger partial charge on any atom is -0.493 e. The minimum absolute atomic E-state index is 0.500. The van der Waals surface area contributed by atoms with Crippen LogP contribution in [0.25, 0.3) is 0 Å². The summed E-state index contributed by atoms with van der Waals surface area (Å²) in [5.74, 6) is 0.850. The first-order valence-corrected chi connectivity index (χ1v) is 6.57. The normalized spacial score (nSPS) is 10.6. The van der Waals surface area contributed by atoms with Gasteiger partial charge in [-0.3, -0.25) is 4.68 Å². The summed E-state index contributed by atoms with van der Waals surface area (Å²) in [7, 11) is 1.91. The topological polar surface area (TPSA) is 53.1 Å². The SMILES string of the molecule is Cn1cc(CCOc2ccc(Br)c(CN)c2)cn1. The monoisotopic (exact) mass is 309 g/mol. The smallest absolute Gasteiger partial charge is 0.119 e. The number of halogens is 1. The van der Waals surface area contributed by atoms with Crippen molar-refractivity contribution < 1.29 is 4.74 Å². The number of rotatable bonds is 5. The molecule has 0 saturated carbocycles. The lowest BCUT2D eigenvalue weighted by atomic mass is 10.2. The third kappa shape index (κ3) is 3.34. The van der Waals surface area contributed by atoms with Crippen LogP contribution in [-0.2, 0) is 20.0 Å². The van der Waals surface area contributed by atoms with Crippen LogP contribution in [0.3, 0.4) is 0 Å². The maximum Gasteiger partial charge on any atom is 0.119 e. The van der Waals surface area contributed by atoms with Crippen molar-refractivity contribution in [2.24, 2.45) is 12.8 Å².